The van der Waals surface area contributed by atoms with Gasteiger partial charge in [-0.3, -0.25) is 0 Å². The molecule has 0 amide bonds. The maximum Gasteiger partial charge on any atom is 0.0651 e. The Labute approximate surface area is 101 Å². The van der Waals surface area contributed by atoms with Crippen LogP contribution in [0.3, 0.4) is 0 Å². The van der Waals surface area contributed by atoms with E-state index in [2.05, 4.69) is 26.1 Å². The van der Waals surface area contributed by atoms with E-state index < -0.39 is 0 Å². The summed E-state index contributed by atoms with van der Waals surface area (Å²) in [6.45, 7) is 7.78. The molecule has 1 fully saturated rings. The Balaban J connectivity index is 2.29. The van der Waals surface area contributed by atoms with Crippen molar-refractivity contribution in [1.29, 1.82) is 0 Å². The normalized spacial score (nSPS) is 32.6. The third kappa shape index (κ3) is 4.42. The summed E-state index contributed by atoms with van der Waals surface area (Å²) in [6.07, 6.45) is 7.63. The Morgan fingerprint density at radius 3 is 2.44 bits per heavy atom. The van der Waals surface area contributed by atoms with E-state index in [0.717, 1.165) is 38.6 Å². The summed E-state index contributed by atoms with van der Waals surface area (Å²) in [5.74, 6) is 0.658. The van der Waals surface area contributed by atoms with Crippen LogP contribution in [-0.4, -0.2) is 23.3 Å². The maximum absolute atomic E-state index is 10.5. The lowest BCUT2D eigenvalue weighted by molar-refractivity contribution is -0.0226. The highest BCUT2D eigenvalue weighted by atomic mass is 16.3. The molecule has 0 aromatic rings. The predicted octanol–water partition coefficient (Wildman–Crippen LogP) is 3.10. The molecule has 1 aliphatic carbocycles. The fourth-order valence-corrected chi connectivity index (χ4v) is 2.70. The van der Waals surface area contributed by atoms with Crippen LogP contribution in [0.2, 0.25) is 0 Å². The van der Waals surface area contributed by atoms with E-state index in [-0.39, 0.29) is 5.60 Å². The molecule has 0 radical (unpaired) electrons. The van der Waals surface area contributed by atoms with Crippen LogP contribution in [0.4, 0.5) is 0 Å². The number of rotatable bonds is 6. The molecule has 0 heterocycles. The zero-order valence-corrected chi connectivity index (χ0v) is 11.3. The van der Waals surface area contributed by atoms with Crippen molar-refractivity contribution < 1.29 is 5.11 Å². The summed E-state index contributed by atoms with van der Waals surface area (Å²) in [5.41, 5.74) is -0.361. The molecular formula is C14H29NO. The smallest absolute Gasteiger partial charge is 0.0651 e. The Kier molecular flexibility index (Phi) is 5.77. The zero-order valence-electron chi connectivity index (χ0n) is 11.3. The number of hydrogen-bond donors (Lipinski definition) is 2. The van der Waals surface area contributed by atoms with E-state index in [1.54, 1.807) is 0 Å². The highest BCUT2D eigenvalue weighted by Crippen LogP contribution is 2.34. The van der Waals surface area contributed by atoms with Crippen LogP contribution in [0.1, 0.15) is 65.7 Å². The van der Waals surface area contributed by atoms with Gasteiger partial charge in [-0.05, 0) is 51.0 Å². The second-order valence-corrected chi connectivity index (χ2v) is 5.67. The Morgan fingerprint density at radius 1 is 1.31 bits per heavy atom. The quantitative estimate of drug-likeness (QED) is 0.731. The highest BCUT2D eigenvalue weighted by Gasteiger charge is 2.33. The second-order valence-electron chi connectivity index (χ2n) is 5.67. The standard InChI is InChI=1S/C14H29NO/c1-4-10-15-13-6-8-14(16,9-7-13)11-12(3)5-2/h12-13,15-16H,4-11H2,1-3H3. The van der Waals surface area contributed by atoms with E-state index in [1.807, 2.05) is 0 Å². The second kappa shape index (κ2) is 6.61. The largest absolute Gasteiger partial charge is 0.390 e. The first-order valence-electron chi connectivity index (χ1n) is 7.05. The first-order chi connectivity index (χ1) is 7.59. The van der Waals surface area contributed by atoms with Gasteiger partial charge in [0.05, 0.1) is 5.60 Å². The topological polar surface area (TPSA) is 32.3 Å². The maximum atomic E-state index is 10.5. The molecule has 1 saturated carbocycles. The minimum Gasteiger partial charge on any atom is -0.390 e. The Bertz CT molecular complexity index is 185. The lowest BCUT2D eigenvalue weighted by atomic mass is 9.77. The summed E-state index contributed by atoms with van der Waals surface area (Å²) < 4.78 is 0. The van der Waals surface area contributed by atoms with Crippen LogP contribution in [0.5, 0.6) is 0 Å². The van der Waals surface area contributed by atoms with E-state index in [0.29, 0.717) is 12.0 Å². The third-order valence-electron chi connectivity index (χ3n) is 4.02. The van der Waals surface area contributed by atoms with Gasteiger partial charge in [0, 0.05) is 6.04 Å². The van der Waals surface area contributed by atoms with Gasteiger partial charge in [0.25, 0.3) is 0 Å². The molecule has 0 saturated heterocycles. The van der Waals surface area contributed by atoms with Crippen molar-refractivity contribution in [3.8, 4) is 0 Å². The predicted molar refractivity (Wildman–Crippen MR) is 69.6 cm³/mol. The lowest BCUT2D eigenvalue weighted by Gasteiger charge is -2.38. The average Bonchev–Trinajstić information content (AvgIpc) is 2.28. The number of aliphatic hydroxyl groups is 1. The van der Waals surface area contributed by atoms with E-state index in [1.165, 1.54) is 12.8 Å². The summed E-state index contributed by atoms with van der Waals surface area (Å²) in [4.78, 5) is 0. The van der Waals surface area contributed by atoms with Gasteiger partial charge in [-0.15, -0.1) is 0 Å². The molecule has 0 aromatic carbocycles. The minimum atomic E-state index is -0.361. The fourth-order valence-electron chi connectivity index (χ4n) is 2.70. The van der Waals surface area contributed by atoms with Crippen LogP contribution in [-0.2, 0) is 0 Å². The third-order valence-corrected chi connectivity index (χ3v) is 4.02. The van der Waals surface area contributed by atoms with Gasteiger partial charge in [0.15, 0.2) is 0 Å². The molecule has 2 heteroatoms. The van der Waals surface area contributed by atoms with Crippen LogP contribution in [0, 0.1) is 5.92 Å². The molecule has 1 atom stereocenters. The fraction of sp³-hybridized carbons (Fsp3) is 1.00. The van der Waals surface area contributed by atoms with E-state index in [4.69, 9.17) is 0 Å². The number of nitrogens with one attached hydrogen (secondary N) is 1. The van der Waals surface area contributed by atoms with Crippen LogP contribution < -0.4 is 5.32 Å². The van der Waals surface area contributed by atoms with Crippen molar-refractivity contribution in [3.63, 3.8) is 0 Å². The van der Waals surface area contributed by atoms with Crippen molar-refractivity contribution >= 4 is 0 Å². The minimum absolute atomic E-state index is 0.361. The highest BCUT2D eigenvalue weighted by molar-refractivity contribution is 4.88. The molecule has 1 aliphatic rings. The van der Waals surface area contributed by atoms with Gasteiger partial charge in [-0.25, -0.2) is 0 Å². The first kappa shape index (κ1) is 14.0. The van der Waals surface area contributed by atoms with Gasteiger partial charge in [0.2, 0.25) is 0 Å². The molecule has 0 spiro atoms. The van der Waals surface area contributed by atoms with E-state index >= 15 is 0 Å². The first-order valence-corrected chi connectivity index (χ1v) is 7.05. The van der Waals surface area contributed by atoms with Gasteiger partial charge in [-0.1, -0.05) is 27.2 Å². The van der Waals surface area contributed by atoms with Gasteiger partial charge < -0.3 is 10.4 Å². The molecule has 2 N–H and O–H groups in total. The van der Waals surface area contributed by atoms with E-state index in [9.17, 15) is 5.11 Å². The number of hydrogen-bond acceptors (Lipinski definition) is 2. The molecule has 1 rings (SSSR count). The summed E-state index contributed by atoms with van der Waals surface area (Å²) >= 11 is 0. The molecule has 1 unspecified atom stereocenters. The molecular weight excluding hydrogens is 198 g/mol. The van der Waals surface area contributed by atoms with Crippen molar-refractivity contribution in [2.24, 2.45) is 5.92 Å². The lowest BCUT2D eigenvalue weighted by Crippen LogP contribution is -2.42. The molecule has 96 valence electrons. The summed E-state index contributed by atoms with van der Waals surface area (Å²) in [6, 6.07) is 0.650. The van der Waals surface area contributed by atoms with Crippen molar-refractivity contribution in [1.82, 2.24) is 5.32 Å². The van der Waals surface area contributed by atoms with Crippen molar-refractivity contribution in [3.05, 3.63) is 0 Å². The molecule has 16 heavy (non-hydrogen) atoms. The zero-order chi connectivity index (χ0) is 12.0. The summed E-state index contributed by atoms with van der Waals surface area (Å²) in [5, 5.41) is 14.1. The van der Waals surface area contributed by atoms with Crippen LogP contribution >= 0.6 is 0 Å². The van der Waals surface area contributed by atoms with Crippen molar-refractivity contribution in [2.75, 3.05) is 6.54 Å². The van der Waals surface area contributed by atoms with Crippen LogP contribution in [0.15, 0.2) is 0 Å². The van der Waals surface area contributed by atoms with Gasteiger partial charge >= 0.3 is 0 Å². The molecule has 0 aliphatic heterocycles. The SMILES string of the molecule is CCCNC1CCC(O)(CC(C)CC)CC1. The Morgan fingerprint density at radius 2 is 1.94 bits per heavy atom. The Hall–Kier alpha value is -0.0800. The summed E-state index contributed by atoms with van der Waals surface area (Å²) in [7, 11) is 0. The van der Waals surface area contributed by atoms with Gasteiger partial charge in [-0.2, -0.15) is 0 Å². The molecule has 0 bridgehead atoms. The average molecular weight is 227 g/mol. The van der Waals surface area contributed by atoms with Crippen LogP contribution in [0.25, 0.3) is 0 Å². The molecule has 2 nitrogen and oxygen atoms in total. The van der Waals surface area contributed by atoms with Crippen molar-refractivity contribution in [2.45, 2.75) is 77.4 Å². The van der Waals surface area contributed by atoms with Gasteiger partial charge in [0.1, 0.15) is 0 Å². The molecule has 0 aromatic heterocycles. The monoisotopic (exact) mass is 227 g/mol.